The third-order valence-corrected chi connectivity index (χ3v) is 5.98. The van der Waals surface area contributed by atoms with Gasteiger partial charge in [-0.2, -0.15) is 0 Å². The number of fused-ring (bicyclic) bond motifs is 1. The number of carbonyl (C=O) groups excluding carboxylic acids is 1. The van der Waals surface area contributed by atoms with E-state index in [0.717, 1.165) is 39.0 Å². The average molecular weight is 479 g/mol. The Hall–Kier alpha value is -3.25. The second-order valence-electron chi connectivity index (χ2n) is 8.39. The fourth-order valence-electron chi connectivity index (χ4n) is 3.65. The van der Waals surface area contributed by atoms with Crippen molar-refractivity contribution in [3.05, 3.63) is 75.7 Å². The Morgan fingerprint density at radius 3 is 2.74 bits per heavy atom. The van der Waals surface area contributed by atoms with Crippen LogP contribution in [0.15, 0.2) is 53.2 Å². The number of allylic oxidation sites excluding steroid dienone is 2. The number of hydrogen-bond acceptors (Lipinski definition) is 5. The summed E-state index contributed by atoms with van der Waals surface area (Å²) in [7, 11) is 1.80. The van der Waals surface area contributed by atoms with Gasteiger partial charge in [0.2, 0.25) is 5.91 Å². The molecular weight excluding hydrogens is 448 g/mol. The third kappa shape index (κ3) is 5.62. The van der Waals surface area contributed by atoms with Crippen molar-refractivity contribution in [2.45, 2.75) is 47.8 Å². The number of nitrogens with one attached hydrogen (secondary N) is 1. The summed E-state index contributed by atoms with van der Waals surface area (Å²) < 4.78 is 6.24. The van der Waals surface area contributed by atoms with Crippen LogP contribution in [0.2, 0.25) is 5.02 Å². The summed E-state index contributed by atoms with van der Waals surface area (Å²) in [5.74, 6) is 0.494. The number of aromatic nitrogens is 2. The van der Waals surface area contributed by atoms with Gasteiger partial charge in [-0.3, -0.25) is 14.8 Å². The number of para-hydroxylation sites is 1. The first-order chi connectivity index (χ1) is 16.3. The predicted octanol–water partition coefficient (Wildman–Crippen LogP) is 5.83. The van der Waals surface area contributed by atoms with Crippen LogP contribution in [0.3, 0.4) is 0 Å². The zero-order valence-electron chi connectivity index (χ0n) is 20.6. The van der Waals surface area contributed by atoms with Crippen molar-refractivity contribution in [3.63, 3.8) is 0 Å². The number of carbonyl (C=O) groups is 1. The Kier molecular flexibility index (Phi) is 8.40. The molecule has 34 heavy (non-hydrogen) atoms. The van der Waals surface area contributed by atoms with E-state index < -0.39 is 0 Å². The number of rotatable bonds is 8. The number of aliphatic imine (C=N–C) groups is 1. The van der Waals surface area contributed by atoms with Gasteiger partial charge in [0.25, 0.3) is 0 Å². The molecule has 1 amide bonds. The molecule has 6 nitrogen and oxygen atoms in total. The number of nitrogens with zero attached hydrogens (tertiary/aromatic N) is 3. The number of benzene rings is 1. The van der Waals surface area contributed by atoms with E-state index in [0.29, 0.717) is 16.5 Å². The summed E-state index contributed by atoms with van der Waals surface area (Å²) in [6.07, 6.45) is 3.68. The van der Waals surface area contributed by atoms with Gasteiger partial charge in [0.15, 0.2) is 0 Å². The molecule has 2 aromatic heterocycles. The van der Waals surface area contributed by atoms with Crippen molar-refractivity contribution in [1.82, 2.24) is 15.3 Å². The molecule has 0 aliphatic rings. The van der Waals surface area contributed by atoms with E-state index in [-0.39, 0.29) is 25.0 Å². The quantitative estimate of drug-likeness (QED) is 0.413. The Morgan fingerprint density at radius 1 is 1.29 bits per heavy atom. The number of halogens is 1. The SMILES string of the molecule is C/C=C(C)\C(=N/C)c1cc(C)nc2c(OCc3c(Cl)ccnc3CNC(=O)C(C)C)cccc12. The van der Waals surface area contributed by atoms with E-state index in [1.807, 2.05) is 58.9 Å². The topological polar surface area (TPSA) is 76.5 Å². The van der Waals surface area contributed by atoms with Gasteiger partial charge in [0.05, 0.1) is 23.0 Å². The van der Waals surface area contributed by atoms with Crippen molar-refractivity contribution >= 4 is 34.1 Å². The van der Waals surface area contributed by atoms with Crippen LogP contribution in [-0.2, 0) is 17.9 Å². The summed E-state index contributed by atoms with van der Waals surface area (Å²) >= 11 is 6.48. The van der Waals surface area contributed by atoms with Crippen LogP contribution in [0.5, 0.6) is 5.75 Å². The zero-order chi connectivity index (χ0) is 24.8. The lowest BCUT2D eigenvalue weighted by molar-refractivity contribution is -0.124. The third-order valence-electron chi connectivity index (χ3n) is 5.63. The summed E-state index contributed by atoms with van der Waals surface area (Å²) in [5.41, 5.74) is 6.08. The van der Waals surface area contributed by atoms with E-state index in [1.165, 1.54) is 0 Å². The van der Waals surface area contributed by atoms with Crippen LogP contribution in [-0.4, -0.2) is 28.6 Å². The summed E-state index contributed by atoms with van der Waals surface area (Å²) in [5, 5.41) is 4.40. The molecule has 0 bridgehead atoms. The first kappa shape index (κ1) is 25.4. The first-order valence-corrected chi connectivity index (χ1v) is 11.7. The Labute approximate surface area is 206 Å². The lowest BCUT2D eigenvalue weighted by Gasteiger charge is -2.16. The Morgan fingerprint density at radius 2 is 2.06 bits per heavy atom. The van der Waals surface area contributed by atoms with Crippen molar-refractivity contribution < 1.29 is 9.53 Å². The molecule has 0 aliphatic carbocycles. The lowest BCUT2D eigenvalue weighted by Crippen LogP contribution is -2.28. The van der Waals surface area contributed by atoms with Crippen molar-refractivity contribution in [3.8, 4) is 5.75 Å². The van der Waals surface area contributed by atoms with E-state index in [2.05, 4.69) is 21.4 Å². The van der Waals surface area contributed by atoms with Crippen molar-refractivity contribution in [2.75, 3.05) is 7.05 Å². The number of amides is 1. The van der Waals surface area contributed by atoms with E-state index >= 15 is 0 Å². The fraction of sp³-hybridized carbons (Fsp3) is 0.333. The molecule has 3 rings (SSSR count). The highest BCUT2D eigenvalue weighted by Gasteiger charge is 2.16. The van der Waals surface area contributed by atoms with Gasteiger partial charge < -0.3 is 10.1 Å². The van der Waals surface area contributed by atoms with Crippen LogP contribution in [0.4, 0.5) is 0 Å². The van der Waals surface area contributed by atoms with E-state index in [4.69, 9.17) is 21.3 Å². The molecule has 2 heterocycles. The molecule has 3 aromatic rings. The standard InChI is InChI=1S/C27H31ClN4O2/c1-7-17(4)25(29-6)20-13-18(5)32-26-19(20)9-8-10-24(26)34-15-21-22(28)11-12-30-23(21)14-31-27(33)16(2)3/h7-13,16H,14-15H2,1-6H3,(H,31,33)/b17-7-,29-25+. The molecule has 0 aliphatic heterocycles. The smallest absolute Gasteiger partial charge is 0.222 e. The largest absolute Gasteiger partial charge is 0.486 e. The molecule has 178 valence electrons. The molecule has 0 atom stereocenters. The fourth-order valence-corrected chi connectivity index (χ4v) is 3.87. The maximum Gasteiger partial charge on any atom is 0.222 e. The van der Waals surface area contributed by atoms with Gasteiger partial charge in [-0.1, -0.05) is 43.7 Å². The van der Waals surface area contributed by atoms with Gasteiger partial charge in [-0.05, 0) is 44.5 Å². The monoisotopic (exact) mass is 478 g/mol. The van der Waals surface area contributed by atoms with Crippen LogP contribution in [0, 0.1) is 12.8 Å². The second-order valence-corrected chi connectivity index (χ2v) is 8.79. The highest BCUT2D eigenvalue weighted by molar-refractivity contribution is 6.31. The van der Waals surface area contributed by atoms with Crippen LogP contribution in [0.1, 0.15) is 50.2 Å². The zero-order valence-corrected chi connectivity index (χ0v) is 21.3. The predicted molar refractivity (Wildman–Crippen MR) is 139 cm³/mol. The van der Waals surface area contributed by atoms with Crippen LogP contribution >= 0.6 is 11.6 Å². The average Bonchev–Trinajstić information content (AvgIpc) is 2.82. The summed E-state index contributed by atoms with van der Waals surface area (Å²) in [4.78, 5) is 25.7. The van der Waals surface area contributed by atoms with Gasteiger partial charge in [0.1, 0.15) is 17.9 Å². The number of pyridine rings is 2. The molecule has 0 unspecified atom stereocenters. The molecule has 0 radical (unpaired) electrons. The minimum absolute atomic E-state index is 0.0419. The van der Waals surface area contributed by atoms with Gasteiger partial charge in [0, 0.05) is 41.4 Å². The molecule has 0 fully saturated rings. The van der Waals surface area contributed by atoms with Crippen molar-refractivity contribution in [2.24, 2.45) is 10.9 Å². The Bertz CT molecular complexity index is 1260. The van der Waals surface area contributed by atoms with Crippen molar-refractivity contribution in [1.29, 1.82) is 0 Å². The van der Waals surface area contributed by atoms with E-state index in [1.54, 1.807) is 19.3 Å². The minimum atomic E-state index is -0.110. The summed E-state index contributed by atoms with van der Waals surface area (Å²) in [6, 6.07) is 9.65. The van der Waals surface area contributed by atoms with Gasteiger partial charge >= 0.3 is 0 Å². The Balaban J connectivity index is 1.97. The maximum atomic E-state index is 12.0. The molecular formula is C27H31ClN4O2. The van der Waals surface area contributed by atoms with Crippen LogP contribution < -0.4 is 10.1 Å². The van der Waals surface area contributed by atoms with E-state index in [9.17, 15) is 4.79 Å². The number of hydrogen-bond donors (Lipinski definition) is 1. The van der Waals surface area contributed by atoms with Gasteiger partial charge in [-0.25, -0.2) is 4.98 Å². The highest BCUT2D eigenvalue weighted by Crippen LogP contribution is 2.30. The molecule has 0 saturated heterocycles. The lowest BCUT2D eigenvalue weighted by atomic mass is 9.98. The second kappa shape index (κ2) is 11.3. The number of ether oxygens (including phenoxy) is 1. The molecule has 1 N–H and O–H groups in total. The molecule has 7 heteroatoms. The van der Waals surface area contributed by atoms with Gasteiger partial charge in [-0.15, -0.1) is 0 Å². The molecule has 0 saturated carbocycles. The van der Waals surface area contributed by atoms with Crippen LogP contribution in [0.25, 0.3) is 10.9 Å². The number of aryl methyl sites for hydroxylation is 1. The maximum absolute atomic E-state index is 12.0. The summed E-state index contributed by atoms with van der Waals surface area (Å²) in [6.45, 7) is 10.2. The minimum Gasteiger partial charge on any atom is -0.486 e. The molecule has 0 spiro atoms. The first-order valence-electron chi connectivity index (χ1n) is 11.3. The highest BCUT2D eigenvalue weighted by atomic mass is 35.5. The molecule has 1 aromatic carbocycles. The normalized spacial score (nSPS) is 12.4.